The van der Waals surface area contributed by atoms with Gasteiger partial charge in [0.25, 0.3) is 0 Å². The standard InChI is InChI=1S/C14H22N2O/c1-4-11(2)13(15)14(17)16(3)10-12-8-6-5-7-9-12/h5-9,11,13H,4,10,15H2,1-3H3/t11-,13+/m1/s1. The molecule has 0 aliphatic carbocycles. The average Bonchev–Trinajstić information content (AvgIpc) is 2.37. The van der Waals surface area contributed by atoms with Crippen molar-refractivity contribution in [3.05, 3.63) is 35.9 Å². The van der Waals surface area contributed by atoms with Crippen molar-refractivity contribution in [3.63, 3.8) is 0 Å². The molecule has 0 spiro atoms. The van der Waals surface area contributed by atoms with E-state index >= 15 is 0 Å². The van der Waals surface area contributed by atoms with Gasteiger partial charge in [0.2, 0.25) is 5.91 Å². The molecule has 2 N–H and O–H groups in total. The molecule has 17 heavy (non-hydrogen) atoms. The van der Waals surface area contributed by atoms with Crippen molar-refractivity contribution in [1.82, 2.24) is 4.90 Å². The number of hydrogen-bond acceptors (Lipinski definition) is 2. The minimum Gasteiger partial charge on any atom is -0.340 e. The molecule has 1 aromatic rings. The smallest absolute Gasteiger partial charge is 0.239 e. The summed E-state index contributed by atoms with van der Waals surface area (Å²) < 4.78 is 0. The first kappa shape index (κ1) is 13.7. The highest BCUT2D eigenvalue weighted by atomic mass is 16.2. The van der Waals surface area contributed by atoms with E-state index in [1.165, 1.54) is 0 Å². The normalized spacial score (nSPS) is 14.1. The molecule has 0 unspecified atom stereocenters. The van der Waals surface area contributed by atoms with Gasteiger partial charge in [-0.1, -0.05) is 50.6 Å². The third-order valence-corrected chi connectivity index (χ3v) is 3.18. The zero-order valence-corrected chi connectivity index (χ0v) is 10.9. The first-order valence-electron chi connectivity index (χ1n) is 6.10. The lowest BCUT2D eigenvalue weighted by Gasteiger charge is -2.24. The van der Waals surface area contributed by atoms with Gasteiger partial charge in [0, 0.05) is 13.6 Å². The SMILES string of the molecule is CC[C@@H](C)[C@H](N)C(=O)N(C)Cc1ccccc1. The Hall–Kier alpha value is -1.35. The number of benzene rings is 1. The largest absolute Gasteiger partial charge is 0.340 e. The van der Waals surface area contributed by atoms with Gasteiger partial charge < -0.3 is 10.6 Å². The second kappa shape index (κ2) is 6.40. The van der Waals surface area contributed by atoms with Crippen molar-refractivity contribution in [2.24, 2.45) is 11.7 Å². The number of carbonyl (C=O) groups excluding carboxylic acids is 1. The molecule has 0 bridgehead atoms. The van der Waals surface area contributed by atoms with Gasteiger partial charge >= 0.3 is 0 Å². The first-order valence-corrected chi connectivity index (χ1v) is 6.10. The van der Waals surface area contributed by atoms with E-state index in [0.717, 1.165) is 12.0 Å². The molecule has 0 saturated heterocycles. The van der Waals surface area contributed by atoms with Crippen LogP contribution in [0.2, 0.25) is 0 Å². The molecule has 0 fully saturated rings. The summed E-state index contributed by atoms with van der Waals surface area (Å²) in [5.74, 6) is 0.240. The van der Waals surface area contributed by atoms with E-state index in [1.807, 2.05) is 37.3 Å². The fraction of sp³-hybridized carbons (Fsp3) is 0.500. The lowest BCUT2D eigenvalue weighted by atomic mass is 9.99. The summed E-state index contributed by atoms with van der Waals surface area (Å²) in [5, 5.41) is 0. The van der Waals surface area contributed by atoms with Gasteiger partial charge in [0.1, 0.15) is 0 Å². The number of hydrogen-bond donors (Lipinski definition) is 1. The van der Waals surface area contributed by atoms with Crippen molar-refractivity contribution < 1.29 is 4.79 Å². The van der Waals surface area contributed by atoms with Gasteiger partial charge in [-0.15, -0.1) is 0 Å². The summed E-state index contributed by atoms with van der Waals surface area (Å²) in [4.78, 5) is 13.7. The third-order valence-electron chi connectivity index (χ3n) is 3.18. The lowest BCUT2D eigenvalue weighted by Crippen LogP contribution is -2.45. The molecular weight excluding hydrogens is 212 g/mol. The van der Waals surface area contributed by atoms with Crippen LogP contribution in [0.1, 0.15) is 25.8 Å². The van der Waals surface area contributed by atoms with Crippen LogP contribution in [-0.2, 0) is 11.3 Å². The Kier molecular flexibility index (Phi) is 5.16. The Balaban J connectivity index is 2.58. The van der Waals surface area contributed by atoms with Crippen molar-refractivity contribution in [1.29, 1.82) is 0 Å². The number of carbonyl (C=O) groups is 1. The Morgan fingerprint density at radius 2 is 1.94 bits per heavy atom. The molecule has 0 aliphatic heterocycles. The third kappa shape index (κ3) is 3.86. The van der Waals surface area contributed by atoms with Crippen LogP contribution in [0, 0.1) is 5.92 Å². The minimum absolute atomic E-state index is 0.0169. The second-order valence-corrected chi connectivity index (χ2v) is 4.59. The van der Waals surface area contributed by atoms with E-state index in [2.05, 4.69) is 6.92 Å². The number of rotatable bonds is 5. The summed E-state index contributed by atoms with van der Waals surface area (Å²) in [5.41, 5.74) is 7.06. The highest BCUT2D eigenvalue weighted by molar-refractivity contribution is 5.81. The van der Waals surface area contributed by atoms with E-state index in [0.29, 0.717) is 6.54 Å². The zero-order chi connectivity index (χ0) is 12.8. The van der Waals surface area contributed by atoms with Crippen molar-refractivity contribution in [2.75, 3.05) is 7.05 Å². The maximum absolute atomic E-state index is 12.0. The number of amides is 1. The first-order chi connectivity index (χ1) is 8.06. The Labute approximate surface area is 104 Å². The highest BCUT2D eigenvalue weighted by Crippen LogP contribution is 2.10. The summed E-state index contributed by atoms with van der Waals surface area (Å²) in [7, 11) is 1.80. The predicted octanol–water partition coefficient (Wildman–Crippen LogP) is 2.02. The van der Waals surface area contributed by atoms with Gasteiger partial charge in [0.15, 0.2) is 0 Å². The molecule has 0 saturated carbocycles. The van der Waals surface area contributed by atoms with Gasteiger partial charge in [-0.3, -0.25) is 4.79 Å². The van der Waals surface area contributed by atoms with E-state index < -0.39 is 6.04 Å². The maximum Gasteiger partial charge on any atom is 0.239 e. The second-order valence-electron chi connectivity index (χ2n) is 4.59. The Bertz CT molecular complexity index is 350. The van der Waals surface area contributed by atoms with E-state index in [9.17, 15) is 4.79 Å². The minimum atomic E-state index is -0.395. The molecule has 2 atom stereocenters. The molecule has 1 rings (SSSR count). The predicted molar refractivity (Wildman–Crippen MR) is 70.3 cm³/mol. The van der Waals surface area contributed by atoms with Crippen LogP contribution in [-0.4, -0.2) is 23.9 Å². The fourth-order valence-corrected chi connectivity index (χ4v) is 1.69. The van der Waals surface area contributed by atoms with Crippen LogP contribution in [0.5, 0.6) is 0 Å². The molecule has 3 heteroatoms. The van der Waals surface area contributed by atoms with Gasteiger partial charge in [-0.25, -0.2) is 0 Å². The van der Waals surface area contributed by atoms with E-state index in [1.54, 1.807) is 11.9 Å². The van der Waals surface area contributed by atoms with Crippen molar-refractivity contribution in [2.45, 2.75) is 32.9 Å². The Morgan fingerprint density at radius 1 is 1.35 bits per heavy atom. The quantitative estimate of drug-likeness (QED) is 0.847. The van der Waals surface area contributed by atoms with Crippen LogP contribution < -0.4 is 5.73 Å². The van der Waals surface area contributed by atoms with Crippen LogP contribution in [0.15, 0.2) is 30.3 Å². The average molecular weight is 234 g/mol. The van der Waals surface area contributed by atoms with Crippen LogP contribution in [0.4, 0.5) is 0 Å². The van der Waals surface area contributed by atoms with Crippen LogP contribution in [0.25, 0.3) is 0 Å². The molecule has 0 aromatic heterocycles. The molecule has 1 aromatic carbocycles. The van der Waals surface area contributed by atoms with E-state index in [-0.39, 0.29) is 11.8 Å². The topological polar surface area (TPSA) is 46.3 Å². The molecular formula is C14H22N2O. The summed E-state index contributed by atoms with van der Waals surface area (Å²) in [6, 6.07) is 9.55. The summed E-state index contributed by atoms with van der Waals surface area (Å²) in [6.45, 7) is 4.68. The monoisotopic (exact) mass is 234 g/mol. The van der Waals surface area contributed by atoms with Gasteiger partial charge in [-0.05, 0) is 11.5 Å². The lowest BCUT2D eigenvalue weighted by molar-refractivity contribution is -0.132. The molecule has 1 amide bonds. The van der Waals surface area contributed by atoms with Crippen LogP contribution >= 0.6 is 0 Å². The zero-order valence-electron chi connectivity index (χ0n) is 10.9. The molecule has 0 radical (unpaired) electrons. The summed E-state index contributed by atoms with van der Waals surface area (Å²) in [6.07, 6.45) is 0.923. The van der Waals surface area contributed by atoms with Gasteiger partial charge in [0.05, 0.1) is 6.04 Å². The fourth-order valence-electron chi connectivity index (χ4n) is 1.69. The number of nitrogens with zero attached hydrogens (tertiary/aromatic N) is 1. The maximum atomic E-state index is 12.0. The molecule has 0 aliphatic rings. The van der Waals surface area contributed by atoms with E-state index in [4.69, 9.17) is 5.73 Å². The molecule has 3 nitrogen and oxygen atoms in total. The number of likely N-dealkylation sites (N-methyl/N-ethyl adjacent to an activating group) is 1. The van der Waals surface area contributed by atoms with Crippen molar-refractivity contribution >= 4 is 5.91 Å². The molecule has 94 valence electrons. The van der Waals surface area contributed by atoms with Crippen molar-refractivity contribution in [3.8, 4) is 0 Å². The highest BCUT2D eigenvalue weighted by Gasteiger charge is 2.22. The number of nitrogens with two attached hydrogens (primary N) is 1. The Morgan fingerprint density at radius 3 is 2.47 bits per heavy atom. The molecule has 0 heterocycles. The van der Waals surface area contributed by atoms with Gasteiger partial charge in [-0.2, -0.15) is 0 Å². The van der Waals surface area contributed by atoms with Crippen LogP contribution in [0.3, 0.4) is 0 Å². The summed E-state index contributed by atoms with van der Waals surface area (Å²) >= 11 is 0.